The van der Waals surface area contributed by atoms with E-state index in [1.807, 2.05) is 0 Å². The minimum atomic E-state index is 0.802. The van der Waals surface area contributed by atoms with Gasteiger partial charge in [0.1, 0.15) is 0 Å². The van der Waals surface area contributed by atoms with Crippen molar-refractivity contribution in [3.8, 4) is 11.6 Å². The quantitative estimate of drug-likeness (QED) is 0.378. The molecular formula is C26H16N6. The Labute approximate surface area is 182 Å². The van der Waals surface area contributed by atoms with E-state index in [9.17, 15) is 0 Å². The summed E-state index contributed by atoms with van der Waals surface area (Å²) in [6, 6.07) is 21.4. The molecule has 150 valence electrons. The smallest absolute Gasteiger partial charge is 0.156 e. The Kier molecular flexibility index (Phi) is 3.46. The molecule has 0 amide bonds. The molecule has 3 aromatic carbocycles. The second-order valence-electron chi connectivity index (χ2n) is 7.72. The first-order chi connectivity index (χ1) is 15.9. The molecule has 0 atom stereocenters. The average Bonchev–Trinajstić information content (AvgIpc) is 3.36. The van der Waals surface area contributed by atoms with Crippen LogP contribution in [0.1, 0.15) is 0 Å². The fourth-order valence-corrected chi connectivity index (χ4v) is 4.74. The van der Waals surface area contributed by atoms with Crippen molar-refractivity contribution in [3.05, 3.63) is 97.8 Å². The fraction of sp³-hybridized carbons (Fsp3) is 0. The second kappa shape index (κ2) is 6.46. The molecule has 32 heavy (non-hydrogen) atoms. The van der Waals surface area contributed by atoms with Gasteiger partial charge in [0.2, 0.25) is 0 Å². The summed E-state index contributed by atoms with van der Waals surface area (Å²) in [6.07, 6.45) is 10.5. The van der Waals surface area contributed by atoms with Gasteiger partial charge in [-0.1, -0.05) is 36.4 Å². The van der Waals surface area contributed by atoms with Crippen molar-refractivity contribution in [2.45, 2.75) is 0 Å². The normalized spacial score (nSPS) is 11.8. The van der Waals surface area contributed by atoms with Crippen LogP contribution in [-0.4, -0.2) is 29.1 Å². The second-order valence-corrected chi connectivity index (χ2v) is 7.72. The predicted molar refractivity (Wildman–Crippen MR) is 126 cm³/mol. The number of rotatable bonds is 2. The molecule has 0 unspecified atom stereocenters. The van der Waals surface area contributed by atoms with Crippen LogP contribution in [0, 0.1) is 0 Å². The molecule has 0 aliphatic heterocycles. The number of para-hydroxylation sites is 2. The Bertz CT molecular complexity index is 1630. The van der Waals surface area contributed by atoms with Gasteiger partial charge in [0.05, 0.1) is 34.5 Å². The fourth-order valence-electron chi connectivity index (χ4n) is 4.74. The van der Waals surface area contributed by atoms with Crippen molar-refractivity contribution in [1.82, 2.24) is 29.1 Å². The van der Waals surface area contributed by atoms with Crippen molar-refractivity contribution in [2.75, 3.05) is 0 Å². The van der Waals surface area contributed by atoms with Crippen LogP contribution in [0.5, 0.6) is 0 Å². The lowest BCUT2D eigenvalue weighted by Gasteiger charge is -2.07. The molecule has 4 heterocycles. The topological polar surface area (TPSA) is 61.4 Å². The molecule has 0 spiro atoms. The zero-order chi connectivity index (χ0) is 21.1. The van der Waals surface area contributed by atoms with Gasteiger partial charge in [-0.3, -0.25) is 19.1 Å². The maximum absolute atomic E-state index is 4.59. The third-order valence-electron chi connectivity index (χ3n) is 6.02. The molecule has 0 bridgehead atoms. The highest BCUT2D eigenvalue weighted by Gasteiger charge is 2.18. The van der Waals surface area contributed by atoms with Crippen molar-refractivity contribution < 1.29 is 0 Å². The van der Waals surface area contributed by atoms with Gasteiger partial charge in [-0.15, -0.1) is 0 Å². The van der Waals surface area contributed by atoms with Crippen LogP contribution in [0.2, 0.25) is 0 Å². The lowest BCUT2D eigenvalue weighted by atomic mass is 10.1. The number of fused-ring (bicyclic) bond motifs is 6. The number of aromatic nitrogens is 6. The minimum absolute atomic E-state index is 0.802. The zero-order valence-corrected chi connectivity index (χ0v) is 16.9. The van der Waals surface area contributed by atoms with Crippen LogP contribution in [0.3, 0.4) is 0 Å². The van der Waals surface area contributed by atoms with Crippen LogP contribution in [-0.2, 0) is 0 Å². The molecule has 0 saturated carbocycles. The summed E-state index contributed by atoms with van der Waals surface area (Å²) >= 11 is 0. The van der Waals surface area contributed by atoms with Crippen molar-refractivity contribution in [3.63, 3.8) is 0 Å². The van der Waals surface area contributed by atoms with Crippen molar-refractivity contribution in [2.24, 2.45) is 0 Å². The maximum atomic E-state index is 4.59. The van der Waals surface area contributed by atoms with E-state index in [0.717, 1.165) is 44.5 Å². The summed E-state index contributed by atoms with van der Waals surface area (Å²) in [5.74, 6) is 1.60. The SMILES string of the molecule is c1ccc2c(c1)c1cc3c(cc1n2-c1cnccn1)c1ccccc1n3-c1cnccn1. The molecule has 4 aromatic heterocycles. The van der Waals surface area contributed by atoms with Crippen LogP contribution >= 0.6 is 0 Å². The summed E-state index contributed by atoms with van der Waals surface area (Å²) in [5.41, 5.74) is 4.40. The van der Waals surface area contributed by atoms with Gasteiger partial charge in [0.25, 0.3) is 0 Å². The zero-order valence-electron chi connectivity index (χ0n) is 16.9. The van der Waals surface area contributed by atoms with Gasteiger partial charge in [-0.2, -0.15) is 0 Å². The summed E-state index contributed by atoms with van der Waals surface area (Å²) in [6.45, 7) is 0. The monoisotopic (exact) mass is 412 g/mol. The Morgan fingerprint density at radius 3 is 1.38 bits per heavy atom. The summed E-state index contributed by atoms with van der Waals surface area (Å²) in [7, 11) is 0. The van der Waals surface area contributed by atoms with Crippen molar-refractivity contribution >= 4 is 43.6 Å². The molecule has 0 fully saturated rings. The van der Waals surface area contributed by atoms with Crippen molar-refractivity contribution in [1.29, 1.82) is 0 Å². The van der Waals surface area contributed by atoms with E-state index >= 15 is 0 Å². The van der Waals surface area contributed by atoms with Gasteiger partial charge in [0.15, 0.2) is 11.6 Å². The van der Waals surface area contributed by atoms with Crippen LogP contribution in [0.4, 0.5) is 0 Å². The van der Waals surface area contributed by atoms with Crippen LogP contribution < -0.4 is 0 Å². The highest BCUT2D eigenvalue weighted by Crippen LogP contribution is 2.38. The van der Waals surface area contributed by atoms with E-state index in [1.165, 1.54) is 10.8 Å². The minimum Gasteiger partial charge on any atom is -0.292 e. The molecule has 6 nitrogen and oxygen atoms in total. The first kappa shape index (κ1) is 17.1. The molecule has 6 heteroatoms. The standard InChI is InChI=1S/C26H16N6/c1-3-7-21-17(5-1)19-13-24-20(14-23(19)31(21)25-15-27-9-11-29-25)18-6-2-4-8-22(18)32(24)26-16-28-10-12-30-26/h1-16H. The van der Waals surface area contributed by atoms with E-state index in [0.29, 0.717) is 0 Å². The Morgan fingerprint density at radius 2 is 0.938 bits per heavy atom. The molecule has 7 aromatic rings. The van der Waals surface area contributed by atoms with E-state index in [4.69, 9.17) is 0 Å². The Morgan fingerprint density at radius 1 is 0.469 bits per heavy atom. The maximum Gasteiger partial charge on any atom is 0.156 e. The predicted octanol–water partition coefficient (Wildman–Crippen LogP) is 5.46. The Balaban J connectivity index is 1.71. The van der Waals surface area contributed by atoms with Gasteiger partial charge in [-0.25, -0.2) is 9.97 Å². The molecular weight excluding hydrogens is 396 g/mol. The molecule has 0 radical (unpaired) electrons. The van der Waals surface area contributed by atoms with E-state index in [-0.39, 0.29) is 0 Å². The first-order valence-corrected chi connectivity index (χ1v) is 10.4. The highest BCUT2D eigenvalue weighted by molar-refractivity contribution is 6.18. The van der Waals surface area contributed by atoms with Crippen LogP contribution in [0.15, 0.2) is 97.8 Å². The van der Waals surface area contributed by atoms with E-state index in [2.05, 4.69) is 89.7 Å². The average molecular weight is 412 g/mol. The third kappa shape index (κ3) is 2.29. The van der Waals surface area contributed by atoms with Gasteiger partial charge in [0, 0.05) is 46.3 Å². The third-order valence-corrected chi connectivity index (χ3v) is 6.02. The van der Waals surface area contributed by atoms with Gasteiger partial charge < -0.3 is 0 Å². The number of nitrogens with zero attached hydrogens (tertiary/aromatic N) is 6. The van der Waals surface area contributed by atoms with Gasteiger partial charge in [-0.05, 0) is 24.3 Å². The van der Waals surface area contributed by atoms with Crippen LogP contribution in [0.25, 0.3) is 55.2 Å². The first-order valence-electron chi connectivity index (χ1n) is 10.4. The largest absolute Gasteiger partial charge is 0.292 e. The number of benzene rings is 3. The summed E-state index contributed by atoms with van der Waals surface area (Å²) in [4.78, 5) is 17.8. The summed E-state index contributed by atoms with van der Waals surface area (Å²) < 4.78 is 4.37. The molecule has 0 N–H and O–H groups in total. The molecule has 0 aliphatic carbocycles. The lowest BCUT2D eigenvalue weighted by Crippen LogP contribution is -1.98. The number of hydrogen-bond acceptors (Lipinski definition) is 4. The van der Waals surface area contributed by atoms with E-state index < -0.39 is 0 Å². The van der Waals surface area contributed by atoms with E-state index in [1.54, 1.807) is 37.2 Å². The summed E-state index contributed by atoms with van der Waals surface area (Å²) in [5, 5.41) is 4.66. The number of hydrogen-bond donors (Lipinski definition) is 0. The Hall–Kier alpha value is -4.58. The highest BCUT2D eigenvalue weighted by atomic mass is 15.1. The molecule has 0 saturated heterocycles. The van der Waals surface area contributed by atoms with Gasteiger partial charge >= 0.3 is 0 Å². The molecule has 7 rings (SSSR count). The lowest BCUT2D eigenvalue weighted by molar-refractivity contribution is 1.04. The molecule has 0 aliphatic rings.